The second kappa shape index (κ2) is 9.96. The molecule has 120 valence electrons. The molecule has 0 fully saturated rings. The lowest BCUT2D eigenvalue weighted by atomic mass is 10.1. The first-order valence-corrected chi connectivity index (χ1v) is 8.81. The number of rotatable bonds is 10. The second-order valence-electron chi connectivity index (χ2n) is 5.51. The number of nitrogens with one attached hydrogen (secondary N) is 1. The van der Waals surface area contributed by atoms with Crippen LogP contribution in [0, 0.1) is 5.92 Å². The van der Waals surface area contributed by atoms with E-state index in [1.54, 1.807) is 14.2 Å². The minimum Gasteiger partial charge on any atom is -0.496 e. The van der Waals surface area contributed by atoms with Crippen LogP contribution in [-0.4, -0.2) is 32.3 Å². The summed E-state index contributed by atoms with van der Waals surface area (Å²) in [5.41, 5.74) is 1.13. The van der Waals surface area contributed by atoms with E-state index in [2.05, 4.69) is 26.1 Å². The summed E-state index contributed by atoms with van der Waals surface area (Å²) < 4.78 is 11.1. The zero-order valence-electron chi connectivity index (χ0n) is 13.9. The van der Waals surface area contributed by atoms with Gasteiger partial charge in [-0.25, -0.2) is 0 Å². The first-order chi connectivity index (χ1) is 10.1. The van der Waals surface area contributed by atoms with Gasteiger partial charge in [-0.15, -0.1) is 0 Å². The lowest BCUT2D eigenvalue weighted by Gasteiger charge is -2.23. The Hall–Kier alpha value is -0.870. The van der Waals surface area contributed by atoms with Gasteiger partial charge in [0.05, 0.1) is 19.8 Å². The molecule has 0 spiro atoms. The minimum absolute atomic E-state index is 0.250. The van der Waals surface area contributed by atoms with E-state index in [-0.39, 0.29) is 6.04 Å². The number of thioether (sulfide) groups is 1. The van der Waals surface area contributed by atoms with Crippen LogP contribution in [0.1, 0.15) is 38.8 Å². The molecule has 1 unspecified atom stereocenters. The normalized spacial score (nSPS) is 12.5. The standard InChI is InChI=1S/C17H29NO2S/c1-6-10-18-14(12-21-11-13(2)3)17-15(19-4)8-7-9-16(17)20-5/h7-9,13-14,18H,6,10-12H2,1-5H3. The zero-order chi connectivity index (χ0) is 15.7. The van der Waals surface area contributed by atoms with E-state index in [0.29, 0.717) is 5.92 Å². The van der Waals surface area contributed by atoms with Crippen LogP contribution in [-0.2, 0) is 0 Å². The Balaban J connectivity index is 2.94. The Bertz CT molecular complexity index is 388. The van der Waals surface area contributed by atoms with E-state index in [9.17, 15) is 0 Å². The van der Waals surface area contributed by atoms with Gasteiger partial charge >= 0.3 is 0 Å². The summed E-state index contributed by atoms with van der Waals surface area (Å²) in [6.07, 6.45) is 1.11. The third-order valence-electron chi connectivity index (χ3n) is 3.19. The highest BCUT2D eigenvalue weighted by atomic mass is 32.2. The molecule has 21 heavy (non-hydrogen) atoms. The molecule has 4 heteroatoms. The van der Waals surface area contributed by atoms with Crippen molar-refractivity contribution in [2.45, 2.75) is 33.2 Å². The van der Waals surface area contributed by atoms with Gasteiger partial charge < -0.3 is 14.8 Å². The fourth-order valence-electron chi connectivity index (χ4n) is 2.21. The molecule has 0 aliphatic carbocycles. The molecule has 0 aromatic heterocycles. The van der Waals surface area contributed by atoms with Crippen molar-refractivity contribution in [3.8, 4) is 11.5 Å². The summed E-state index contributed by atoms with van der Waals surface area (Å²) in [6, 6.07) is 6.23. The Morgan fingerprint density at radius 2 is 1.71 bits per heavy atom. The number of methoxy groups -OCH3 is 2. The lowest BCUT2D eigenvalue weighted by Crippen LogP contribution is -2.25. The summed E-state index contributed by atoms with van der Waals surface area (Å²) in [5.74, 6) is 4.69. The first kappa shape index (κ1) is 18.2. The lowest BCUT2D eigenvalue weighted by molar-refractivity contribution is 0.374. The van der Waals surface area contributed by atoms with Crippen LogP contribution < -0.4 is 14.8 Å². The Labute approximate surface area is 133 Å². The number of hydrogen-bond donors (Lipinski definition) is 1. The van der Waals surface area contributed by atoms with Crippen molar-refractivity contribution >= 4 is 11.8 Å². The highest BCUT2D eigenvalue weighted by Gasteiger charge is 2.20. The van der Waals surface area contributed by atoms with Crippen LogP contribution in [0.5, 0.6) is 11.5 Å². The number of hydrogen-bond acceptors (Lipinski definition) is 4. The van der Waals surface area contributed by atoms with Gasteiger partial charge in [-0.1, -0.05) is 26.8 Å². The van der Waals surface area contributed by atoms with Gasteiger partial charge in [0.1, 0.15) is 11.5 Å². The van der Waals surface area contributed by atoms with Crippen LogP contribution in [0.15, 0.2) is 18.2 Å². The minimum atomic E-state index is 0.250. The van der Waals surface area contributed by atoms with Crippen LogP contribution in [0.25, 0.3) is 0 Å². The highest BCUT2D eigenvalue weighted by molar-refractivity contribution is 7.99. The molecule has 0 heterocycles. The quantitative estimate of drug-likeness (QED) is 0.703. The van der Waals surface area contributed by atoms with Gasteiger partial charge in [-0.2, -0.15) is 11.8 Å². The molecule has 0 aliphatic heterocycles. The molecule has 3 nitrogen and oxygen atoms in total. The van der Waals surface area contributed by atoms with Gasteiger partial charge in [-0.05, 0) is 36.8 Å². The summed E-state index contributed by atoms with van der Waals surface area (Å²) in [5, 5.41) is 3.63. The van der Waals surface area contributed by atoms with E-state index >= 15 is 0 Å². The van der Waals surface area contributed by atoms with Crippen LogP contribution in [0.2, 0.25) is 0 Å². The van der Waals surface area contributed by atoms with Crippen molar-refractivity contribution in [3.63, 3.8) is 0 Å². The van der Waals surface area contributed by atoms with Gasteiger partial charge in [-0.3, -0.25) is 0 Å². The van der Waals surface area contributed by atoms with E-state index in [0.717, 1.165) is 35.8 Å². The zero-order valence-corrected chi connectivity index (χ0v) is 14.8. The molecule has 0 amide bonds. The van der Waals surface area contributed by atoms with Crippen LogP contribution in [0.4, 0.5) is 0 Å². The largest absolute Gasteiger partial charge is 0.496 e. The summed E-state index contributed by atoms with van der Waals surface area (Å²) in [7, 11) is 3.44. The molecule has 1 aromatic carbocycles. The third-order valence-corrected chi connectivity index (χ3v) is 4.66. The first-order valence-electron chi connectivity index (χ1n) is 7.66. The maximum absolute atomic E-state index is 5.55. The van der Waals surface area contributed by atoms with Crippen molar-refractivity contribution in [3.05, 3.63) is 23.8 Å². The van der Waals surface area contributed by atoms with Gasteiger partial charge in [0.2, 0.25) is 0 Å². The van der Waals surface area contributed by atoms with Crippen molar-refractivity contribution in [1.82, 2.24) is 5.32 Å². The fourth-order valence-corrected chi connectivity index (χ4v) is 3.34. The number of ether oxygens (including phenoxy) is 2. The van der Waals surface area contributed by atoms with Crippen molar-refractivity contribution in [2.75, 3.05) is 32.3 Å². The monoisotopic (exact) mass is 311 g/mol. The SMILES string of the molecule is CCCNC(CSCC(C)C)c1c(OC)cccc1OC. The molecule has 1 rings (SSSR count). The van der Waals surface area contributed by atoms with Crippen molar-refractivity contribution in [2.24, 2.45) is 5.92 Å². The molecule has 0 saturated heterocycles. The molecular weight excluding hydrogens is 282 g/mol. The summed E-state index contributed by atoms with van der Waals surface area (Å²) in [6.45, 7) is 7.69. The van der Waals surface area contributed by atoms with E-state index in [1.807, 2.05) is 30.0 Å². The van der Waals surface area contributed by atoms with Crippen LogP contribution >= 0.6 is 11.8 Å². The number of benzene rings is 1. The van der Waals surface area contributed by atoms with E-state index < -0.39 is 0 Å². The summed E-state index contributed by atoms with van der Waals surface area (Å²) >= 11 is 1.98. The second-order valence-corrected chi connectivity index (χ2v) is 6.59. The molecule has 0 bridgehead atoms. The molecule has 1 N–H and O–H groups in total. The average molecular weight is 311 g/mol. The molecule has 1 aromatic rings. The maximum atomic E-state index is 5.55. The Kier molecular flexibility index (Phi) is 8.62. The van der Waals surface area contributed by atoms with E-state index in [1.165, 1.54) is 5.75 Å². The Morgan fingerprint density at radius 1 is 1.10 bits per heavy atom. The molecular formula is C17H29NO2S. The van der Waals surface area contributed by atoms with E-state index in [4.69, 9.17) is 9.47 Å². The predicted octanol–water partition coefficient (Wildman–Crippen LogP) is 4.13. The predicted molar refractivity (Wildman–Crippen MR) is 92.7 cm³/mol. The van der Waals surface area contributed by atoms with Gasteiger partial charge in [0, 0.05) is 11.8 Å². The van der Waals surface area contributed by atoms with Crippen LogP contribution in [0.3, 0.4) is 0 Å². The fraction of sp³-hybridized carbons (Fsp3) is 0.647. The van der Waals surface area contributed by atoms with Gasteiger partial charge in [0.15, 0.2) is 0 Å². The topological polar surface area (TPSA) is 30.5 Å². The maximum Gasteiger partial charge on any atom is 0.127 e. The smallest absolute Gasteiger partial charge is 0.127 e. The summed E-state index contributed by atoms with van der Waals surface area (Å²) in [4.78, 5) is 0. The van der Waals surface area contributed by atoms with Gasteiger partial charge in [0.25, 0.3) is 0 Å². The average Bonchev–Trinajstić information content (AvgIpc) is 2.49. The molecule has 1 atom stereocenters. The molecule has 0 aliphatic rings. The van der Waals surface area contributed by atoms with Crippen molar-refractivity contribution in [1.29, 1.82) is 0 Å². The molecule has 0 saturated carbocycles. The molecule has 0 radical (unpaired) electrons. The highest BCUT2D eigenvalue weighted by Crippen LogP contribution is 2.35. The Morgan fingerprint density at radius 3 is 2.19 bits per heavy atom. The van der Waals surface area contributed by atoms with Crippen molar-refractivity contribution < 1.29 is 9.47 Å². The third kappa shape index (κ3) is 5.79.